The third kappa shape index (κ3) is 5.33. The highest BCUT2D eigenvalue weighted by molar-refractivity contribution is 6.31. The zero-order chi connectivity index (χ0) is 23.0. The van der Waals surface area contributed by atoms with Crippen LogP contribution in [0.4, 0.5) is 26.3 Å². The standard InChI is InChI=1S/C21H18ClF6NO2/c22-17-7-6-15(21(26,27)28)10-16(17)18(29-8-2-4-13(11-29)19(30)31)12-3-1-5-14(9-12)20(23,24)25/h1,3,5-7,9-10,13,18H,2,4,8,11H2,(H,30,31). The summed E-state index contributed by atoms with van der Waals surface area (Å²) in [7, 11) is 0. The molecule has 2 aromatic carbocycles. The van der Waals surface area contributed by atoms with Crippen molar-refractivity contribution in [1.82, 2.24) is 4.90 Å². The minimum Gasteiger partial charge on any atom is -0.481 e. The molecular weight excluding hydrogens is 448 g/mol. The molecule has 0 bridgehead atoms. The van der Waals surface area contributed by atoms with Gasteiger partial charge < -0.3 is 5.11 Å². The maximum Gasteiger partial charge on any atom is 0.416 e. The van der Waals surface area contributed by atoms with Crippen molar-refractivity contribution in [2.24, 2.45) is 5.92 Å². The molecule has 1 saturated heterocycles. The molecule has 3 rings (SSSR count). The lowest BCUT2D eigenvalue weighted by molar-refractivity contribution is -0.143. The topological polar surface area (TPSA) is 40.5 Å². The molecule has 0 aliphatic carbocycles. The van der Waals surface area contributed by atoms with E-state index in [1.54, 1.807) is 4.90 Å². The maximum atomic E-state index is 13.3. The number of alkyl halides is 6. The average molecular weight is 466 g/mol. The molecule has 1 aliphatic heterocycles. The van der Waals surface area contributed by atoms with Crippen LogP contribution in [-0.4, -0.2) is 29.1 Å². The normalized spacial score (nSPS) is 19.3. The largest absolute Gasteiger partial charge is 0.481 e. The second kappa shape index (κ2) is 8.70. The summed E-state index contributed by atoms with van der Waals surface area (Å²) in [4.78, 5) is 13.1. The van der Waals surface area contributed by atoms with Crippen molar-refractivity contribution in [1.29, 1.82) is 0 Å². The van der Waals surface area contributed by atoms with Gasteiger partial charge in [0.05, 0.1) is 23.1 Å². The van der Waals surface area contributed by atoms with Crippen LogP contribution >= 0.6 is 11.6 Å². The molecule has 1 heterocycles. The van der Waals surface area contributed by atoms with Crippen LogP contribution in [-0.2, 0) is 17.1 Å². The number of halogens is 7. The van der Waals surface area contributed by atoms with E-state index >= 15 is 0 Å². The molecule has 0 amide bonds. The van der Waals surface area contributed by atoms with Gasteiger partial charge >= 0.3 is 18.3 Å². The molecule has 2 aromatic rings. The van der Waals surface area contributed by atoms with Gasteiger partial charge in [-0.1, -0.05) is 23.7 Å². The van der Waals surface area contributed by atoms with E-state index in [-0.39, 0.29) is 22.7 Å². The summed E-state index contributed by atoms with van der Waals surface area (Å²) in [6.07, 6.45) is -8.52. The number of hydrogen-bond donors (Lipinski definition) is 1. The summed E-state index contributed by atoms with van der Waals surface area (Å²) in [5.74, 6) is -1.85. The van der Waals surface area contributed by atoms with Gasteiger partial charge in [0.15, 0.2) is 0 Å². The van der Waals surface area contributed by atoms with Crippen molar-refractivity contribution in [3.05, 3.63) is 69.7 Å². The fraction of sp³-hybridized carbons (Fsp3) is 0.381. The Labute approximate surface area is 179 Å². The van der Waals surface area contributed by atoms with Crippen molar-refractivity contribution in [2.75, 3.05) is 13.1 Å². The number of carbonyl (C=O) groups is 1. The smallest absolute Gasteiger partial charge is 0.416 e. The van der Waals surface area contributed by atoms with E-state index in [0.29, 0.717) is 19.4 Å². The predicted molar refractivity (Wildman–Crippen MR) is 102 cm³/mol. The van der Waals surface area contributed by atoms with Crippen molar-refractivity contribution in [3.63, 3.8) is 0 Å². The third-order valence-corrected chi connectivity index (χ3v) is 5.66. The van der Waals surface area contributed by atoms with E-state index in [0.717, 1.165) is 30.3 Å². The second-order valence-electron chi connectivity index (χ2n) is 7.43. The Kier molecular flexibility index (Phi) is 6.57. The Morgan fingerprint density at radius 1 is 1.03 bits per heavy atom. The van der Waals surface area contributed by atoms with Gasteiger partial charge in [-0.2, -0.15) is 26.3 Å². The molecule has 1 aliphatic rings. The van der Waals surface area contributed by atoms with Crippen LogP contribution in [0, 0.1) is 5.92 Å². The first-order valence-electron chi connectivity index (χ1n) is 9.38. The lowest BCUT2D eigenvalue weighted by Crippen LogP contribution is -2.41. The number of rotatable bonds is 4. The van der Waals surface area contributed by atoms with Gasteiger partial charge in [0, 0.05) is 11.6 Å². The summed E-state index contributed by atoms with van der Waals surface area (Å²) in [5.41, 5.74) is -1.88. The Hall–Kier alpha value is -2.26. The third-order valence-electron chi connectivity index (χ3n) is 5.31. The number of likely N-dealkylation sites (tertiary alicyclic amines) is 1. The van der Waals surface area contributed by atoms with Gasteiger partial charge in [-0.15, -0.1) is 0 Å². The van der Waals surface area contributed by atoms with Gasteiger partial charge in [-0.05, 0) is 60.8 Å². The number of nitrogens with zero attached hydrogens (tertiary/aromatic N) is 1. The lowest BCUT2D eigenvalue weighted by Gasteiger charge is -2.38. The minimum atomic E-state index is -4.68. The van der Waals surface area contributed by atoms with E-state index in [2.05, 4.69) is 0 Å². The first-order valence-corrected chi connectivity index (χ1v) is 9.76. The molecule has 10 heteroatoms. The zero-order valence-electron chi connectivity index (χ0n) is 16.0. The highest BCUT2D eigenvalue weighted by Crippen LogP contribution is 2.41. The number of piperidine rings is 1. The number of benzene rings is 2. The van der Waals surface area contributed by atoms with Crippen LogP contribution in [0.25, 0.3) is 0 Å². The zero-order valence-corrected chi connectivity index (χ0v) is 16.7. The molecule has 168 valence electrons. The quantitative estimate of drug-likeness (QED) is 0.541. The van der Waals surface area contributed by atoms with E-state index in [1.165, 1.54) is 12.1 Å². The Morgan fingerprint density at radius 2 is 1.68 bits per heavy atom. The fourth-order valence-electron chi connectivity index (χ4n) is 3.84. The van der Waals surface area contributed by atoms with E-state index in [1.807, 2.05) is 0 Å². The van der Waals surface area contributed by atoms with Gasteiger partial charge in [0.2, 0.25) is 0 Å². The van der Waals surface area contributed by atoms with Crippen LogP contribution < -0.4 is 0 Å². The summed E-state index contributed by atoms with van der Waals surface area (Å²) >= 11 is 6.21. The van der Waals surface area contributed by atoms with Crippen LogP contribution in [0.2, 0.25) is 5.02 Å². The monoisotopic (exact) mass is 465 g/mol. The SMILES string of the molecule is O=C(O)C1CCCN(C(c2cccc(C(F)(F)F)c2)c2cc(C(F)(F)F)ccc2Cl)C1. The van der Waals surface area contributed by atoms with Gasteiger partial charge in [-0.3, -0.25) is 9.69 Å². The summed E-state index contributed by atoms with van der Waals surface area (Å²) in [6.45, 7) is 0.278. The summed E-state index contributed by atoms with van der Waals surface area (Å²) in [6, 6.07) is 5.88. The Balaban J connectivity index is 2.16. The van der Waals surface area contributed by atoms with Crippen molar-refractivity contribution < 1.29 is 36.2 Å². The molecule has 3 nitrogen and oxygen atoms in total. The first-order chi connectivity index (χ1) is 14.4. The number of carboxylic acid groups (broad SMARTS) is 1. The van der Waals surface area contributed by atoms with Crippen molar-refractivity contribution in [3.8, 4) is 0 Å². The minimum absolute atomic E-state index is 0.0250. The highest BCUT2D eigenvalue weighted by atomic mass is 35.5. The molecule has 2 unspecified atom stereocenters. The number of carboxylic acids is 1. The van der Waals surface area contributed by atoms with Crippen LogP contribution in [0.15, 0.2) is 42.5 Å². The Morgan fingerprint density at radius 3 is 2.29 bits per heavy atom. The maximum absolute atomic E-state index is 13.3. The van der Waals surface area contributed by atoms with E-state index < -0.39 is 41.4 Å². The van der Waals surface area contributed by atoms with Gasteiger partial charge in [-0.25, -0.2) is 0 Å². The Bertz CT molecular complexity index is 960. The van der Waals surface area contributed by atoms with Gasteiger partial charge in [0.1, 0.15) is 0 Å². The van der Waals surface area contributed by atoms with Crippen LogP contribution in [0.1, 0.15) is 41.1 Å². The van der Waals surface area contributed by atoms with Crippen molar-refractivity contribution in [2.45, 2.75) is 31.2 Å². The first kappa shape index (κ1) is 23.4. The van der Waals surface area contributed by atoms with Gasteiger partial charge in [0.25, 0.3) is 0 Å². The number of hydrogen-bond acceptors (Lipinski definition) is 2. The molecule has 0 spiro atoms. The summed E-state index contributed by atoms with van der Waals surface area (Å²) < 4.78 is 79.8. The molecule has 31 heavy (non-hydrogen) atoms. The second-order valence-corrected chi connectivity index (χ2v) is 7.84. The molecule has 0 saturated carbocycles. The predicted octanol–water partition coefficient (Wildman–Crippen LogP) is 6.26. The molecule has 0 aromatic heterocycles. The average Bonchev–Trinajstić information content (AvgIpc) is 2.68. The summed E-state index contributed by atoms with van der Waals surface area (Å²) in [5, 5.41) is 9.34. The molecule has 0 radical (unpaired) electrons. The fourth-order valence-corrected chi connectivity index (χ4v) is 4.07. The molecule has 1 fully saturated rings. The van der Waals surface area contributed by atoms with Crippen LogP contribution in [0.3, 0.4) is 0 Å². The molecule has 2 atom stereocenters. The van der Waals surface area contributed by atoms with Crippen LogP contribution in [0.5, 0.6) is 0 Å². The van der Waals surface area contributed by atoms with E-state index in [9.17, 15) is 36.2 Å². The highest BCUT2D eigenvalue weighted by Gasteiger charge is 2.37. The molecular formula is C21H18ClF6NO2. The van der Waals surface area contributed by atoms with Crippen molar-refractivity contribution >= 4 is 17.6 Å². The molecule has 1 N–H and O–H groups in total. The number of aliphatic carboxylic acids is 1. The van der Waals surface area contributed by atoms with E-state index in [4.69, 9.17) is 11.6 Å². The lowest BCUT2D eigenvalue weighted by atomic mass is 9.90.